The van der Waals surface area contributed by atoms with Gasteiger partial charge in [-0.15, -0.1) is 11.3 Å². The normalized spacial score (nSPS) is 9.75. The number of hydrogen-bond donors (Lipinski definition) is 1. The number of carbonyl (C=O) groups is 1. The molecule has 0 aromatic carbocycles. The molecule has 0 atom stereocenters. The van der Waals surface area contributed by atoms with Gasteiger partial charge in [0.15, 0.2) is 5.13 Å². The zero-order valence-corrected chi connectivity index (χ0v) is 10.1. The maximum atomic E-state index is 11.7. The second-order valence-corrected chi connectivity index (χ2v) is 5.28. The average Bonchev–Trinajstić information content (AvgIpc) is 2.86. The number of thiazole rings is 1. The van der Waals surface area contributed by atoms with E-state index in [0.717, 1.165) is 0 Å². The van der Waals surface area contributed by atoms with Crippen molar-refractivity contribution in [3.05, 3.63) is 32.4 Å². The summed E-state index contributed by atoms with van der Waals surface area (Å²) in [5, 5.41) is 13.5. The lowest BCUT2D eigenvalue weighted by Gasteiger charge is -1.98. The van der Waals surface area contributed by atoms with Crippen LogP contribution in [0.15, 0.2) is 17.6 Å². The lowest BCUT2D eigenvalue weighted by molar-refractivity contribution is 0.103. The molecule has 16 heavy (non-hydrogen) atoms. The molecule has 0 radical (unpaired) electrons. The summed E-state index contributed by atoms with van der Waals surface area (Å²) in [7, 11) is 0. The van der Waals surface area contributed by atoms with Gasteiger partial charge in [0.05, 0.1) is 11.8 Å². The molecule has 2 aromatic heterocycles. The van der Waals surface area contributed by atoms with Gasteiger partial charge in [-0.25, -0.2) is 4.98 Å². The molecule has 0 unspecified atom stereocenters. The van der Waals surface area contributed by atoms with Gasteiger partial charge in [-0.2, -0.15) is 5.26 Å². The molecular weight excluding hydrogens is 266 g/mol. The molecule has 2 aromatic rings. The van der Waals surface area contributed by atoms with E-state index < -0.39 is 0 Å². The SMILES string of the molecule is N#Cc1ccsc1C(=O)Nc1ncc(Cl)s1. The quantitative estimate of drug-likeness (QED) is 0.911. The van der Waals surface area contributed by atoms with Crippen molar-refractivity contribution in [3.63, 3.8) is 0 Å². The number of nitriles is 1. The smallest absolute Gasteiger partial charge is 0.268 e. The average molecular weight is 270 g/mol. The molecule has 0 bridgehead atoms. The summed E-state index contributed by atoms with van der Waals surface area (Å²) in [6.07, 6.45) is 1.46. The second kappa shape index (κ2) is 4.61. The molecule has 4 nitrogen and oxygen atoms in total. The van der Waals surface area contributed by atoms with E-state index in [-0.39, 0.29) is 5.91 Å². The lowest BCUT2D eigenvalue weighted by Crippen LogP contribution is -2.11. The van der Waals surface area contributed by atoms with Crippen molar-refractivity contribution in [2.24, 2.45) is 0 Å². The first-order valence-electron chi connectivity index (χ1n) is 4.11. The van der Waals surface area contributed by atoms with Crippen LogP contribution in [0.3, 0.4) is 0 Å². The summed E-state index contributed by atoms with van der Waals surface area (Å²) in [6.45, 7) is 0. The van der Waals surface area contributed by atoms with Crippen molar-refractivity contribution in [3.8, 4) is 6.07 Å². The molecule has 1 N–H and O–H groups in total. The van der Waals surface area contributed by atoms with E-state index in [2.05, 4.69) is 10.3 Å². The third-order valence-electron chi connectivity index (χ3n) is 1.69. The van der Waals surface area contributed by atoms with Crippen LogP contribution >= 0.6 is 34.3 Å². The van der Waals surface area contributed by atoms with Crippen molar-refractivity contribution in [2.75, 3.05) is 5.32 Å². The van der Waals surface area contributed by atoms with E-state index in [9.17, 15) is 4.79 Å². The fourth-order valence-corrected chi connectivity index (χ4v) is 2.59. The number of rotatable bonds is 2. The zero-order chi connectivity index (χ0) is 11.5. The highest BCUT2D eigenvalue weighted by Crippen LogP contribution is 2.24. The van der Waals surface area contributed by atoms with Crippen LogP contribution in [0.4, 0.5) is 5.13 Å². The summed E-state index contributed by atoms with van der Waals surface area (Å²) in [4.78, 5) is 16.0. The number of thiophene rings is 1. The summed E-state index contributed by atoms with van der Waals surface area (Å²) >= 11 is 8.07. The summed E-state index contributed by atoms with van der Waals surface area (Å²) in [6, 6.07) is 3.56. The number of amides is 1. The predicted octanol–water partition coefficient (Wildman–Crippen LogP) is 2.98. The number of anilines is 1. The molecule has 2 rings (SSSR count). The van der Waals surface area contributed by atoms with Gasteiger partial charge < -0.3 is 0 Å². The zero-order valence-electron chi connectivity index (χ0n) is 7.73. The molecule has 0 aliphatic carbocycles. The van der Waals surface area contributed by atoms with E-state index in [1.807, 2.05) is 6.07 Å². The minimum Gasteiger partial charge on any atom is -0.297 e. The van der Waals surface area contributed by atoms with Gasteiger partial charge in [0.1, 0.15) is 15.3 Å². The van der Waals surface area contributed by atoms with Crippen LogP contribution in [-0.4, -0.2) is 10.9 Å². The first-order valence-corrected chi connectivity index (χ1v) is 6.18. The lowest BCUT2D eigenvalue weighted by atomic mass is 10.3. The van der Waals surface area contributed by atoms with Crippen LogP contribution in [0.25, 0.3) is 0 Å². The molecule has 1 amide bonds. The van der Waals surface area contributed by atoms with E-state index in [4.69, 9.17) is 16.9 Å². The van der Waals surface area contributed by atoms with Crippen LogP contribution in [0.2, 0.25) is 4.34 Å². The highest BCUT2D eigenvalue weighted by atomic mass is 35.5. The Morgan fingerprint density at radius 1 is 1.62 bits per heavy atom. The fourth-order valence-electron chi connectivity index (χ4n) is 1.04. The van der Waals surface area contributed by atoms with Crippen molar-refractivity contribution in [1.82, 2.24) is 4.98 Å². The number of nitrogens with zero attached hydrogens (tertiary/aromatic N) is 2. The minimum atomic E-state index is -0.336. The first-order chi connectivity index (χ1) is 7.70. The number of halogens is 1. The Bertz CT molecular complexity index is 569. The second-order valence-electron chi connectivity index (χ2n) is 2.70. The van der Waals surface area contributed by atoms with Gasteiger partial charge in [-0.1, -0.05) is 22.9 Å². The Morgan fingerprint density at radius 3 is 3.06 bits per heavy atom. The van der Waals surface area contributed by atoms with Gasteiger partial charge in [0.2, 0.25) is 0 Å². The Morgan fingerprint density at radius 2 is 2.44 bits per heavy atom. The van der Waals surface area contributed by atoms with Crippen LogP contribution < -0.4 is 5.32 Å². The molecule has 0 spiro atoms. The highest BCUT2D eigenvalue weighted by Gasteiger charge is 2.14. The monoisotopic (exact) mass is 269 g/mol. The molecule has 0 aliphatic heterocycles. The molecule has 0 saturated carbocycles. The fraction of sp³-hybridized carbons (Fsp3) is 0. The van der Waals surface area contributed by atoms with Crippen LogP contribution in [0, 0.1) is 11.3 Å². The number of aromatic nitrogens is 1. The van der Waals surface area contributed by atoms with Gasteiger partial charge in [-0.05, 0) is 11.4 Å². The topological polar surface area (TPSA) is 65.8 Å². The van der Waals surface area contributed by atoms with E-state index in [1.165, 1.54) is 28.9 Å². The highest BCUT2D eigenvalue weighted by molar-refractivity contribution is 7.19. The molecule has 2 heterocycles. The Labute approximate surface area is 104 Å². The predicted molar refractivity (Wildman–Crippen MR) is 64.1 cm³/mol. The van der Waals surface area contributed by atoms with Crippen LogP contribution in [0.1, 0.15) is 15.2 Å². The van der Waals surface area contributed by atoms with Crippen LogP contribution in [-0.2, 0) is 0 Å². The maximum absolute atomic E-state index is 11.7. The molecule has 0 aliphatic rings. The number of nitrogens with one attached hydrogen (secondary N) is 1. The first kappa shape index (κ1) is 11.1. The minimum absolute atomic E-state index is 0.336. The summed E-state index contributed by atoms with van der Waals surface area (Å²) in [5.74, 6) is -0.336. The molecular formula is C9H4ClN3OS2. The van der Waals surface area contributed by atoms with Crippen molar-refractivity contribution in [1.29, 1.82) is 5.26 Å². The Kier molecular flexibility index (Phi) is 3.19. The molecule has 0 saturated heterocycles. The van der Waals surface area contributed by atoms with E-state index in [1.54, 1.807) is 11.4 Å². The van der Waals surface area contributed by atoms with Crippen molar-refractivity contribution >= 4 is 45.3 Å². The standard InChI is InChI=1S/C9H4ClN3OS2/c10-6-4-12-9(16-6)13-8(14)7-5(3-11)1-2-15-7/h1-2,4H,(H,12,13,14). The molecule has 0 fully saturated rings. The van der Waals surface area contributed by atoms with Crippen molar-refractivity contribution in [2.45, 2.75) is 0 Å². The van der Waals surface area contributed by atoms with Crippen molar-refractivity contribution < 1.29 is 4.79 Å². The maximum Gasteiger partial charge on any atom is 0.268 e. The number of hydrogen-bond acceptors (Lipinski definition) is 5. The largest absolute Gasteiger partial charge is 0.297 e. The Balaban J connectivity index is 2.18. The number of carbonyl (C=O) groups excluding carboxylic acids is 1. The third kappa shape index (κ3) is 2.22. The summed E-state index contributed by atoms with van der Waals surface area (Å²) < 4.78 is 0.502. The third-order valence-corrected chi connectivity index (χ3v) is 3.63. The Hall–Kier alpha value is -1.42. The summed E-state index contributed by atoms with van der Waals surface area (Å²) in [5.41, 5.74) is 0.366. The van der Waals surface area contributed by atoms with Gasteiger partial charge in [0, 0.05) is 0 Å². The molecule has 7 heteroatoms. The van der Waals surface area contributed by atoms with Crippen LogP contribution in [0.5, 0.6) is 0 Å². The van der Waals surface area contributed by atoms with Gasteiger partial charge >= 0.3 is 0 Å². The van der Waals surface area contributed by atoms with Gasteiger partial charge in [0.25, 0.3) is 5.91 Å². The van der Waals surface area contributed by atoms with E-state index in [0.29, 0.717) is 19.9 Å². The molecule has 80 valence electrons. The van der Waals surface area contributed by atoms with E-state index >= 15 is 0 Å². The van der Waals surface area contributed by atoms with Gasteiger partial charge in [-0.3, -0.25) is 10.1 Å².